The summed E-state index contributed by atoms with van der Waals surface area (Å²) >= 11 is 0. The number of nitrogens with one attached hydrogen (secondary N) is 1. The number of allylic oxidation sites excluding steroid dienone is 5. The van der Waals surface area contributed by atoms with Gasteiger partial charge in [0, 0.05) is 18.6 Å². The Kier molecular flexibility index (Phi) is 6.01. The number of hydrogen-bond donors (Lipinski definition) is 2. The van der Waals surface area contributed by atoms with Crippen LogP contribution in [0, 0.1) is 0 Å². The van der Waals surface area contributed by atoms with Crippen LogP contribution >= 0.6 is 0 Å². The first kappa shape index (κ1) is 21.5. The van der Waals surface area contributed by atoms with Crippen molar-refractivity contribution in [3.8, 4) is 0 Å². The van der Waals surface area contributed by atoms with Crippen LogP contribution in [0.4, 0.5) is 11.5 Å². The normalized spacial score (nSPS) is 11.3. The summed E-state index contributed by atoms with van der Waals surface area (Å²) in [7, 11) is 1.46. The molecule has 8 heteroatoms. The van der Waals surface area contributed by atoms with Crippen LogP contribution in [0.3, 0.4) is 0 Å². The molecule has 2 N–H and O–H groups in total. The number of fused-ring (bicyclic) bond motifs is 1. The quantitative estimate of drug-likeness (QED) is 0.593. The predicted octanol–water partition coefficient (Wildman–Crippen LogP) is 3.53. The van der Waals surface area contributed by atoms with Crippen molar-refractivity contribution in [2.45, 2.75) is 13.8 Å². The number of benzene rings is 1. The van der Waals surface area contributed by atoms with Gasteiger partial charge in [0.15, 0.2) is 5.82 Å². The highest BCUT2D eigenvalue weighted by molar-refractivity contribution is 5.94. The number of aromatic carboxylic acids is 1. The van der Waals surface area contributed by atoms with Gasteiger partial charge in [0.25, 0.3) is 11.1 Å². The van der Waals surface area contributed by atoms with Gasteiger partial charge in [0.2, 0.25) is 0 Å². The zero-order valence-electron chi connectivity index (χ0n) is 17.4. The third kappa shape index (κ3) is 4.37. The van der Waals surface area contributed by atoms with Crippen LogP contribution in [0.1, 0.15) is 24.2 Å². The molecule has 8 nitrogen and oxygen atoms in total. The number of carboxylic acids is 1. The second-order valence-electron chi connectivity index (χ2n) is 7.14. The van der Waals surface area contributed by atoms with Gasteiger partial charge in [-0.2, -0.15) is 4.68 Å². The second-order valence-corrected chi connectivity index (χ2v) is 7.14. The molecule has 0 aliphatic heterocycles. The Morgan fingerprint density at radius 1 is 1.13 bits per heavy atom. The number of rotatable bonds is 6. The number of carboxylic acid groups (broad SMARTS) is 1. The lowest BCUT2D eigenvalue weighted by atomic mass is 10.1. The van der Waals surface area contributed by atoms with Crippen LogP contribution in [0.5, 0.6) is 0 Å². The van der Waals surface area contributed by atoms with E-state index in [0.717, 1.165) is 5.57 Å². The van der Waals surface area contributed by atoms with E-state index >= 15 is 0 Å². The van der Waals surface area contributed by atoms with Gasteiger partial charge >= 0.3 is 5.97 Å². The van der Waals surface area contributed by atoms with E-state index < -0.39 is 11.5 Å². The van der Waals surface area contributed by atoms with Crippen LogP contribution in [0.15, 0.2) is 76.5 Å². The summed E-state index contributed by atoms with van der Waals surface area (Å²) in [6.45, 7) is 7.62. The third-order valence-corrected chi connectivity index (χ3v) is 4.53. The zero-order valence-corrected chi connectivity index (χ0v) is 17.4. The van der Waals surface area contributed by atoms with Gasteiger partial charge in [-0.25, -0.2) is 4.79 Å². The lowest BCUT2D eigenvalue weighted by molar-refractivity contribution is 0.0696. The van der Waals surface area contributed by atoms with Crippen molar-refractivity contribution in [3.63, 3.8) is 0 Å². The summed E-state index contributed by atoms with van der Waals surface area (Å²) in [6.07, 6.45) is 6.30. The molecule has 0 aliphatic rings. The van der Waals surface area contributed by atoms with Gasteiger partial charge in [-0.15, -0.1) is 5.10 Å². The van der Waals surface area contributed by atoms with E-state index in [1.165, 1.54) is 34.6 Å². The van der Waals surface area contributed by atoms with Crippen molar-refractivity contribution in [3.05, 3.63) is 93.2 Å². The average Bonchev–Trinajstić information content (AvgIpc) is 2.74. The van der Waals surface area contributed by atoms with Crippen molar-refractivity contribution in [2.75, 3.05) is 5.32 Å². The molecule has 2 aromatic heterocycles. The molecule has 0 bridgehead atoms. The summed E-state index contributed by atoms with van der Waals surface area (Å²) in [4.78, 5) is 37.0. The molecule has 1 aromatic carbocycles. The molecule has 0 fully saturated rings. The van der Waals surface area contributed by atoms with Gasteiger partial charge in [-0.1, -0.05) is 36.4 Å². The Hall–Kier alpha value is -4.20. The molecule has 31 heavy (non-hydrogen) atoms. The van der Waals surface area contributed by atoms with Gasteiger partial charge in [0.05, 0.1) is 16.6 Å². The Balaban J connectivity index is 2.28. The molecule has 0 atom stereocenters. The van der Waals surface area contributed by atoms with Crippen molar-refractivity contribution in [2.24, 2.45) is 7.05 Å². The summed E-state index contributed by atoms with van der Waals surface area (Å²) in [5, 5.41) is 17.5. The number of hydrogen-bond acceptors (Lipinski definition) is 5. The fourth-order valence-corrected chi connectivity index (χ4v) is 2.98. The molecule has 158 valence electrons. The number of aromatic nitrogens is 3. The fraction of sp³-hybridized carbons (Fsp3) is 0.130. The number of nitrogens with zero attached hydrogens (tertiary/aromatic N) is 3. The van der Waals surface area contributed by atoms with Crippen LogP contribution in [-0.4, -0.2) is 25.4 Å². The first-order chi connectivity index (χ1) is 14.7. The highest BCUT2D eigenvalue weighted by Gasteiger charge is 2.15. The first-order valence-electron chi connectivity index (χ1n) is 9.44. The van der Waals surface area contributed by atoms with Gasteiger partial charge in [-0.3, -0.25) is 9.59 Å². The molecule has 0 saturated heterocycles. The van der Waals surface area contributed by atoms with Crippen LogP contribution in [0.2, 0.25) is 0 Å². The maximum atomic E-state index is 13.1. The second kappa shape index (κ2) is 8.66. The van der Waals surface area contributed by atoms with Crippen molar-refractivity contribution in [1.82, 2.24) is 14.3 Å². The average molecular weight is 418 g/mol. The van der Waals surface area contributed by atoms with E-state index in [1.807, 2.05) is 19.9 Å². The summed E-state index contributed by atoms with van der Waals surface area (Å²) in [6, 6.07) is 8.08. The molecular formula is C23H22N4O4. The van der Waals surface area contributed by atoms with E-state index in [9.17, 15) is 19.5 Å². The largest absolute Gasteiger partial charge is 0.478 e. The lowest BCUT2D eigenvalue weighted by Crippen LogP contribution is -2.25. The molecule has 3 aromatic rings. The standard InChI is InChI=1S/C23H22N4O4/c1-5-16(11-10-14(2)3)27-21(28)18-9-7-6-8-17(18)20(25-27)24-19-12-15(23(30)31)13-26(4)22(19)29/h5-13H,1H2,2-4H3,(H,24,25)(H,30,31)/b16-11+. The minimum atomic E-state index is -1.17. The number of pyridine rings is 1. The maximum Gasteiger partial charge on any atom is 0.337 e. The molecule has 0 spiro atoms. The number of aryl methyl sites for hydroxylation is 1. The van der Waals surface area contributed by atoms with E-state index in [-0.39, 0.29) is 22.6 Å². The minimum Gasteiger partial charge on any atom is -0.478 e. The van der Waals surface area contributed by atoms with Crippen LogP contribution in [0.25, 0.3) is 16.5 Å². The molecule has 0 unspecified atom stereocenters. The summed E-state index contributed by atoms with van der Waals surface area (Å²) in [5.74, 6) is -0.931. The molecule has 0 amide bonds. The summed E-state index contributed by atoms with van der Waals surface area (Å²) in [5.41, 5.74) is 0.670. The van der Waals surface area contributed by atoms with Crippen molar-refractivity contribution >= 4 is 33.9 Å². The molecular weight excluding hydrogens is 396 g/mol. The summed E-state index contributed by atoms with van der Waals surface area (Å²) < 4.78 is 2.37. The Labute approximate surface area is 178 Å². The first-order valence-corrected chi connectivity index (χ1v) is 9.44. The molecule has 0 radical (unpaired) electrons. The maximum absolute atomic E-state index is 13.1. The van der Waals surface area contributed by atoms with Crippen molar-refractivity contribution in [1.29, 1.82) is 0 Å². The Morgan fingerprint density at radius 2 is 1.81 bits per heavy atom. The number of anilines is 2. The zero-order chi connectivity index (χ0) is 22.7. The monoisotopic (exact) mass is 418 g/mol. The smallest absolute Gasteiger partial charge is 0.337 e. The third-order valence-electron chi connectivity index (χ3n) is 4.53. The van der Waals surface area contributed by atoms with Gasteiger partial charge < -0.3 is 15.0 Å². The molecule has 0 aliphatic carbocycles. The predicted molar refractivity (Wildman–Crippen MR) is 122 cm³/mol. The van der Waals surface area contributed by atoms with E-state index in [4.69, 9.17) is 0 Å². The number of carbonyl (C=O) groups is 1. The molecule has 3 rings (SSSR count). The van der Waals surface area contributed by atoms with E-state index in [2.05, 4.69) is 17.0 Å². The SMILES string of the molecule is C=C/C(=C\C=C(C)C)n1nc(Nc2cc(C(=O)O)cn(C)c2=O)c2ccccc2c1=O. The lowest BCUT2D eigenvalue weighted by Gasteiger charge is -2.13. The van der Waals surface area contributed by atoms with E-state index in [1.54, 1.807) is 30.3 Å². The highest BCUT2D eigenvalue weighted by Crippen LogP contribution is 2.22. The van der Waals surface area contributed by atoms with E-state index in [0.29, 0.717) is 16.5 Å². The highest BCUT2D eigenvalue weighted by atomic mass is 16.4. The Morgan fingerprint density at radius 3 is 2.42 bits per heavy atom. The minimum absolute atomic E-state index is 0.0266. The van der Waals surface area contributed by atoms with Gasteiger partial charge in [0.1, 0.15) is 5.69 Å². The van der Waals surface area contributed by atoms with Gasteiger partial charge in [-0.05, 0) is 38.1 Å². The molecule has 0 saturated carbocycles. The topological polar surface area (TPSA) is 106 Å². The molecule has 2 heterocycles. The van der Waals surface area contributed by atoms with Crippen LogP contribution in [-0.2, 0) is 7.05 Å². The Bertz CT molecular complexity index is 1370. The fourth-order valence-electron chi connectivity index (χ4n) is 2.98. The van der Waals surface area contributed by atoms with Crippen LogP contribution < -0.4 is 16.4 Å². The van der Waals surface area contributed by atoms with Crippen molar-refractivity contribution < 1.29 is 9.90 Å².